The molecule has 3 nitrogen and oxygen atoms in total. The normalized spacial score (nSPS) is 14.8. The van der Waals surface area contributed by atoms with E-state index in [0.717, 1.165) is 11.1 Å². The zero-order valence-electron chi connectivity index (χ0n) is 11.3. The summed E-state index contributed by atoms with van der Waals surface area (Å²) in [5, 5.41) is 9.26. The third-order valence-corrected chi connectivity index (χ3v) is 3.74. The number of ketones is 1. The Morgan fingerprint density at radius 3 is 2.80 bits per heavy atom. The molecule has 1 N–H and O–H groups in total. The molecule has 2 aromatic rings. The number of rotatable bonds is 2. The Hall–Kier alpha value is -2.13. The summed E-state index contributed by atoms with van der Waals surface area (Å²) in [6.07, 6.45) is 0. The summed E-state index contributed by atoms with van der Waals surface area (Å²) in [6, 6.07) is 13.1. The highest BCUT2D eigenvalue weighted by atomic mass is 16.5. The van der Waals surface area contributed by atoms with E-state index in [1.165, 1.54) is 0 Å². The standard InChI is InChI=1S/C17H16O3/c1-11(9-18)12-6-7-16-15(8-12)17(19)14-5-3-2-4-13(14)10-20-16/h2-8,11,18H,9-10H2,1H3/t11-/m0/s1. The summed E-state index contributed by atoms with van der Waals surface area (Å²) in [7, 11) is 0. The van der Waals surface area contributed by atoms with Crippen molar-refractivity contribution in [3.63, 3.8) is 0 Å². The minimum atomic E-state index is -0.0138. The van der Waals surface area contributed by atoms with Gasteiger partial charge in [0.05, 0.1) is 5.56 Å². The van der Waals surface area contributed by atoms with Crippen LogP contribution in [0.2, 0.25) is 0 Å². The van der Waals surface area contributed by atoms with Gasteiger partial charge >= 0.3 is 0 Å². The lowest BCUT2D eigenvalue weighted by atomic mass is 9.94. The third-order valence-electron chi connectivity index (χ3n) is 3.74. The van der Waals surface area contributed by atoms with Crippen LogP contribution >= 0.6 is 0 Å². The Bertz CT molecular complexity index is 661. The summed E-state index contributed by atoms with van der Waals surface area (Å²) in [6.45, 7) is 2.39. The Morgan fingerprint density at radius 1 is 1.20 bits per heavy atom. The van der Waals surface area contributed by atoms with Gasteiger partial charge in [-0.05, 0) is 17.7 Å². The molecule has 0 unspecified atom stereocenters. The molecule has 0 fully saturated rings. The van der Waals surface area contributed by atoms with Gasteiger partial charge in [0.25, 0.3) is 0 Å². The van der Waals surface area contributed by atoms with Gasteiger partial charge in [-0.25, -0.2) is 0 Å². The van der Waals surface area contributed by atoms with Crippen LogP contribution in [0.25, 0.3) is 0 Å². The van der Waals surface area contributed by atoms with E-state index in [9.17, 15) is 9.90 Å². The average Bonchev–Trinajstić information content (AvgIpc) is 2.64. The van der Waals surface area contributed by atoms with E-state index in [4.69, 9.17) is 4.74 Å². The molecule has 1 aliphatic rings. The second-order valence-corrected chi connectivity index (χ2v) is 5.11. The van der Waals surface area contributed by atoms with Crippen molar-refractivity contribution < 1.29 is 14.6 Å². The van der Waals surface area contributed by atoms with Crippen LogP contribution in [-0.2, 0) is 6.61 Å². The molecule has 1 aliphatic heterocycles. The van der Waals surface area contributed by atoms with Crippen LogP contribution in [0.15, 0.2) is 42.5 Å². The topological polar surface area (TPSA) is 46.5 Å². The van der Waals surface area contributed by atoms with Crippen molar-refractivity contribution in [1.29, 1.82) is 0 Å². The van der Waals surface area contributed by atoms with Gasteiger partial charge in [-0.3, -0.25) is 4.79 Å². The highest BCUT2D eigenvalue weighted by molar-refractivity contribution is 6.12. The first-order valence-corrected chi connectivity index (χ1v) is 6.71. The van der Waals surface area contributed by atoms with E-state index in [0.29, 0.717) is 23.5 Å². The van der Waals surface area contributed by atoms with Crippen molar-refractivity contribution in [1.82, 2.24) is 0 Å². The number of hydrogen-bond donors (Lipinski definition) is 1. The van der Waals surface area contributed by atoms with E-state index in [2.05, 4.69) is 0 Å². The predicted octanol–water partition coefficient (Wildman–Crippen LogP) is 2.91. The molecule has 1 atom stereocenters. The van der Waals surface area contributed by atoms with Crippen LogP contribution in [0.4, 0.5) is 0 Å². The van der Waals surface area contributed by atoms with Crippen molar-refractivity contribution in [2.75, 3.05) is 6.61 Å². The summed E-state index contributed by atoms with van der Waals surface area (Å²) in [5.41, 5.74) is 3.13. The molecule has 0 bridgehead atoms. The van der Waals surface area contributed by atoms with Gasteiger partial charge in [0.2, 0.25) is 0 Å². The fourth-order valence-corrected chi connectivity index (χ4v) is 2.43. The van der Waals surface area contributed by atoms with Crippen molar-refractivity contribution in [2.45, 2.75) is 19.4 Å². The largest absolute Gasteiger partial charge is 0.488 e. The van der Waals surface area contributed by atoms with Crippen molar-refractivity contribution in [3.05, 3.63) is 64.7 Å². The van der Waals surface area contributed by atoms with E-state index >= 15 is 0 Å². The first-order valence-electron chi connectivity index (χ1n) is 6.71. The monoisotopic (exact) mass is 268 g/mol. The minimum absolute atomic E-state index is 0.00611. The second kappa shape index (κ2) is 5.10. The maximum absolute atomic E-state index is 12.6. The molecule has 0 saturated carbocycles. The summed E-state index contributed by atoms with van der Waals surface area (Å²) in [5.74, 6) is 0.603. The number of aliphatic hydroxyl groups is 1. The third kappa shape index (κ3) is 2.10. The van der Waals surface area contributed by atoms with Gasteiger partial charge in [0.1, 0.15) is 12.4 Å². The zero-order chi connectivity index (χ0) is 14.1. The smallest absolute Gasteiger partial charge is 0.197 e. The lowest BCUT2D eigenvalue weighted by molar-refractivity contribution is 0.103. The van der Waals surface area contributed by atoms with E-state index < -0.39 is 0 Å². The Balaban J connectivity index is 2.11. The molecule has 20 heavy (non-hydrogen) atoms. The Labute approximate surface area is 117 Å². The van der Waals surface area contributed by atoms with Gasteiger partial charge in [0, 0.05) is 23.7 Å². The number of carbonyl (C=O) groups is 1. The van der Waals surface area contributed by atoms with Gasteiger partial charge in [0.15, 0.2) is 5.78 Å². The molecule has 0 aromatic heterocycles. The highest BCUT2D eigenvalue weighted by Gasteiger charge is 2.22. The average molecular weight is 268 g/mol. The lowest BCUT2D eigenvalue weighted by Crippen LogP contribution is -2.05. The van der Waals surface area contributed by atoms with Crippen LogP contribution in [-0.4, -0.2) is 17.5 Å². The highest BCUT2D eigenvalue weighted by Crippen LogP contribution is 2.30. The number of carbonyl (C=O) groups excluding carboxylic acids is 1. The van der Waals surface area contributed by atoms with E-state index in [1.807, 2.05) is 49.4 Å². The Kier molecular flexibility index (Phi) is 3.28. The minimum Gasteiger partial charge on any atom is -0.488 e. The molecular formula is C17H16O3. The molecule has 102 valence electrons. The van der Waals surface area contributed by atoms with Crippen molar-refractivity contribution in [2.24, 2.45) is 0 Å². The molecule has 0 amide bonds. The van der Waals surface area contributed by atoms with Gasteiger partial charge in [-0.2, -0.15) is 0 Å². The molecule has 2 aromatic carbocycles. The fraction of sp³-hybridized carbons (Fsp3) is 0.235. The maximum Gasteiger partial charge on any atom is 0.197 e. The van der Waals surface area contributed by atoms with E-state index in [1.54, 1.807) is 0 Å². The SMILES string of the molecule is C[C@@H](CO)c1ccc2c(c1)C(=O)c1ccccc1CO2. The predicted molar refractivity (Wildman–Crippen MR) is 76.1 cm³/mol. The number of hydrogen-bond acceptors (Lipinski definition) is 3. The summed E-state index contributed by atoms with van der Waals surface area (Å²) in [4.78, 5) is 12.6. The molecule has 0 spiro atoms. The van der Waals surface area contributed by atoms with E-state index in [-0.39, 0.29) is 18.3 Å². The number of aliphatic hydroxyl groups excluding tert-OH is 1. The van der Waals surface area contributed by atoms with Crippen LogP contribution in [0.5, 0.6) is 5.75 Å². The van der Waals surface area contributed by atoms with Crippen LogP contribution in [0.1, 0.15) is 39.9 Å². The van der Waals surface area contributed by atoms with Gasteiger partial charge in [-0.1, -0.05) is 37.3 Å². The fourth-order valence-electron chi connectivity index (χ4n) is 2.43. The van der Waals surface area contributed by atoms with Crippen LogP contribution < -0.4 is 4.74 Å². The van der Waals surface area contributed by atoms with Crippen LogP contribution in [0.3, 0.4) is 0 Å². The molecule has 0 radical (unpaired) electrons. The zero-order valence-corrected chi connectivity index (χ0v) is 11.3. The first kappa shape index (κ1) is 12.9. The number of benzene rings is 2. The first-order chi connectivity index (χ1) is 9.70. The molecule has 0 saturated heterocycles. The molecule has 0 aliphatic carbocycles. The molecule has 1 heterocycles. The summed E-state index contributed by atoms with van der Waals surface area (Å²) < 4.78 is 5.73. The van der Waals surface area contributed by atoms with Gasteiger partial charge < -0.3 is 9.84 Å². The summed E-state index contributed by atoms with van der Waals surface area (Å²) >= 11 is 0. The van der Waals surface area contributed by atoms with Crippen molar-refractivity contribution in [3.8, 4) is 5.75 Å². The lowest BCUT2D eigenvalue weighted by Gasteiger charge is -2.12. The number of fused-ring (bicyclic) bond motifs is 2. The number of ether oxygens (including phenoxy) is 1. The molecule has 3 rings (SSSR count). The maximum atomic E-state index is 12.6. The van der Waals surface area contributed by atoms with Crippen LogP contribution in [0, 0.1) is 0 Å². The van der Waals surface area contributed by atoms with Gasteiger partial charge in [-0.15, -0.1) is 0 Å². The second-order valence-electron chi connectivity index (χ2n) is 5.11. The molecular weight excluding hydrogens is 252 g/mol. The Morgan fingerprint density at radius 2 is 2.00 bits per heavy atom. The molecule has 3 heteroatoms. The van der Waals surface area contributed by atoms with Crippen molar-refractivity contribution >= 4 is 5.78 Å². The quantitative estimate of drug-likeness (QED) is 0.911.